The Morgan fingerprint density at radius 2 is 1.78 bits per heavy atom. The second-order valence-electron chi connectivity index (χ2n) is 6.65. The summed E-state index contributed by atoms with van der Waals surface area (Å²) in [6.07, 6.45) is 1.01. The summed E-state index contributed by atoms with van der Waals surface area (Å²) in [4.78, 5) is 16.7. The van der Waals surface area contributed by atoms with E-state index in [0.717, 1.165) is 34.6 Å². The van der Waals surface area contributed by atoms with E-state index in [1.54, 1.807) is 0 Å². The molecule has 0 aliphatic carbocycles. The number of aromatic nitrogens is 1. The first-order chi connectivity index (χ1) is 13.0. The predicted molar refractivity (Wildman–Crippen MR) is 112 cm³/mol. The van der Waals surface area contributed by atoms with Gasteiger partial charge in [0.1, 0.15) is 5.75 Å². The highest BCUT2D eigenvalue weighted by molar-refractivity contribution is 7.14. The highest BCUT2D eigenvalue weighted by Crippen LogP contribution is 2.26. The van der Waals surface area contributed by atoms with Gasteiger partial charge in [-0.3, -0.25) is 10.1 Å². The van der Waals surface area contributed by atoms with Crippen molar-refractivity contribution in [3.05, 3.63) is 64.0 Å². The molecule has 140 valence electrons. The Bertz CT molecular complexity index is 922. The first kappa shape index (κ1) is 19.1. The van der Waals surface area contributed by atoms with Crippen LogP contribution in [0.1, 0.15) is 29.2 Å². The van der Waals surface area contributed by atoms with Crippen molar-refractivity contribution in [3.8, 4) is 17.0 Å². The second-order valence-corrected chi connectivity index (χ2v) is 7.51. The van der Waals surface area contributed by atoms with Crippen LogP contribution in [0, 0.1) is 20.8 Å². The van der Waals surface area contributed by atoms with Crippen LogP contribution in [0.3, 0.4) is 0 Å². The standard InChI is InChI=1S/C22H24N2O2S/c1-5-17-6-8-18(9-7-17)19-13-27-22(23-19)24-20(25)12-26-21-15(3)10-14(2)11-16(21)4/h6-11,13H,5,12H2,1-4H3,(H,23,24,25). The molecule has 0 spiro atoms. The summed E-state index contributed by atoms with van der Waals surface area (Å²) in [5, 5.41) is 5.35. The van der Waals surface area contributed by atoms with E-state index in [0.29, 0.717) is 5.13 Å². The summed E-state index contributed by atoms with van der Waals surface area (Å²) < 4.78 is 5.74. The molecule has 0 aliphatic heterocycles. The number of aryl methyl sites for hydroxylation is 4. The molecule has 5 heteroatoms. The van der Waals surface area contributed by atoms with Gasteiger partial charge >= 0.3 is 0 Å². The van der Waals surface area contributed by atoms with Crippen LogP contribution in [0.5, 0.6) is 5.75 Å². The quantitative estimate of drug-likeness (QED) is 0.630. The Balaban J connectivity index is 1.61. The maximum absolute atomic E-state index is 12.2. The molecule has 2 aromatic carbocycles. The minimum Gasteiger partial charge on any atom is -0.483 e. The molecule has 0 radical (unpaired) electrons. The molecule has 27 heavy (non-hydrogen) atoms. The van der Waals surface area contributed by atoms with E-state index in [-0.39, 0.29) is 12.5 Å². The van der Waals surface area contributed by atoms with E-state index in [4.69, 9.17) is 4.74 Å². The zero-order chi connectivity index (χ0) is 19.4. The number of ether oxygens (including phenoxy) is 1. The number of hydrogen-bond acceptors (Lipinski definition) is 4. The normalized spacial score (nSPS) is 10.7. The van der Waals surface area contributed by atoms with Gasteiger partial charge < -0.3 is 4.74 Å². The third kappa shape index (κ3) is 4.74. The van der Waals surface area contributed by atoms with Gasteiger partial charge in [0.25, 0.3) is 5.91 Å². The summed E-state index contributed by atoms with van der Waals surface area (Å²) in [5.41, 5.74) is 6.46. The van der Waals surface area contributed by atoms with E-state index in [2.05, 4.69) is 53.6 Å². The van der Waals surface area contributed by atoms with Crippen molar-refractivity contribution < 1.29 is 9.53 Å². The summed E-state index contributed by atoms with van der Waals surface area (Å²) in [6.45, 7) is 8.12. The van der Waals surface area contributed by atoms with Crippen molar-refractivity contribution in [3.63, 3.8) is 0 Å². The topological polar surface area (TPSA) is 51.2 Å². The van der Waals surface area contributed by atoms with Gasteiger partial charge in [0.15, 0.2) is 11.7 Å². The number of hydrogen-bond donors (Lipinski definition) is 1. The molecule has 1 aromatic heterocycles. The fraction of sp³-hybridized carbons (Fsp3) is 0.273. The molecular formula is C22H24N2O2S. The molecule has 1 amide bonds. The van der Waals surface area contributed by atoms with Crippen molar-refractivity contribution in [2.45, 2.75) is 34.1 Å². The average Bonchev–Trinajstić information content (AvgIpc) is 3.09. The predicted octanol–water partition coefficient (Wildman–Crippen LogP) is 5.32. The van der Waals surface area contributed by atoms with Gasteiger partial charge in [0.2, 0.25) is 0 Å². The Kier molecular flexibility index (Phi) is 5.91. The summed E-state index contributed by atoms with van der Waals surface area (Å²) in [5.74, 6) is 0.559. The van der Waals surface area contributed by atoms with Crippen molar-refractivity contribution >= 4 is 22.4 Å². The zero-order valence-electron chi connectivity index (χ0n) is 16.1. The third-order valence-corrected chi connectivity index (χ3v) is 5.12. The molecule has 0 aliphatic rings. The number of rotatable bonds is 6. The van der Waals surface area contributed by atoms with Gasteiger partial charge in [-0.15, -0.1) is 11.3 Å². The van der Waals surface area contributed by atoms with Crippen molar-refractivity contribution in [1.82, 2.24) is 4.98 Å². The molecule has 1 heterocycles. The summed E-state index contributed by atoms with van der Waals surface area (Å²) in [7, 11) is 0. The lowest BCUT2D eigenvalue weighted by Gasteiger charge is -2.12. The van der Waals surface area contributed by atoms with Crippen LogP contribution in [-0.2, 0) is 11.2 Å². The lowest BCUT2D eigenvalue weighted by Crippen LogP contribution is -2.20. The van der Waals surface area contributed by atoms with Crippen LogP contribution in [0.25, 0.3) is 11.3 Å². The fourth-order valence-electron chi connectivity index (χ4n) is 3.06. The number of carbonyl (C=O) groups is 1. The molecule has 0 bridgehead atoms. The van der Waals surface area contributed by atoms with Gasteiger partial charge in [-0.1, -0.05) is 48.9 Å². The highest BCUT2D eigenvalue weighted by Gasteiger charge is 2.11. The largest absolute Gasteiger partial charge is 0.483 e. The molecule has 3 rings (SSSR count). The Morgan fingerprint density at radius 3 is 2.41 bits per heavy atom. The monoisotopic (exact) mass is 380 g/mol. The second kappa shape index (κ2) is 8.35. The van der Waals surface area contributed by atoms with Gasteiger partial charge in [-0.25, -0.2) is 4.98 Å². The van der Waals surface area contributed by atoms with Gasteiger partial charge in [-0.2, -0.15) is 0 Å². The summed E-state index contributed by atoms with van der Waals surface area (Å²) >= 11 is 1.41. The maximum atomic E-state index is 12.2. The first-order valence-electron chi connectivity index (χ1n) is 9.01. The maximum Gasteiger partial charge on any atom is 0.264 e. The van der Waals surface area contributed by atoms with Gasteiger partial charge in [0.05, 0.1) is 5.69 Å². The minimum absolute atomic E-state index is 0.0369. The Morgan fingerprint density at radius 1 is 1.11 bits per heavy atom. The molecule has 0 atom stereocenters. The molecule has 1 N–H and O–H groups in total. The summed E-state index contributed by atoms with van der Waals surface area (Å²) in [6, 6.07) is 12.4. The number of amides is 1. The minimum atomic E-state index is -0.211. The van der Waals surface area contributed by atoms with Crippen LogP contribution >= 0.6 is 11.3 Å². The fourth-order valence-corrected chi connectivity index (χ4v) is 3.80. The molecule has 0 fully saturated rings. The molecule has 0 unspecified atom stereocenters. The van der Waals surface area contributed by atoms with Crippen LogP contribution in [0.4, 0.5) is 5.13 Å². The van der Waals surface area contributed by atoms with Crippen LogP contribution in [0.15, 0.2) is 41.8 Å². The lowest BCUT2D eigenvalue weighted by molar-refractivity contribution is -0.118. The number of anilines is 1. The number of carbonyl (C=O) groups excluding carboxylic acids is 1. The highest BCUT2D eigenvalue weighted by atomic mass is 32.1. The van der Waals surface area contributed by atoms with Crippen LogP contribution in [-0.4, -0.2) is 17.5 Å². The lowest BCUT2D eigenvalue weighted by atomic mass is 10.1. The molecule has 3 aromatic rings. The van der Waals surface area contributed by atoms with Crippen LogP contribution in [0.2, 0.25) is 0 Å². The number of thiazole rings is 1. The Hall–Kier alpha value is -2.66. The SMILES string of the molecule is CCc1ccc(-c2csc(NC(=O)COc3c(C)cc(C)cc3C)n2)cc1. The van der Waals surface area contributed by atoms with Gasteiger partial charge in [0, 0.05) is 10.9 Å². The first-order valence-corrected chi connectivity index (χ1v) is 9.89. The van der Waals surface area contributed by atoms with E-state index in [1.807, 2.05) is 26.2 Å². The molecule has 0 saturated carbocycles. The van der Waals surface area contributed by atoms with Crippen molar-refractivity contribution in [2.24, 2.45) is 0 Å². The van der Waals surface area contributed by atoms with E-state index >= 15 is 0 Å². The van der Waals surface area contributed by atoms with Crippen molar-refractivity contribution in [1.29, 1.82) is 0 Å². The average molecular weight is 381 g/mol. The van der Waals surface area contributed by atoms with E-state index in [1.165, 1.54) is 22.5 Å². The zero-order valence-corrected chi connectivity index (χ0v) is 16.9. The van der Waals surface area contributed by atoms with Crippen molar-refractivity contribution in [2.75, 3.05) is 11.9 Å². The molecule has 0 saturated heterocycles. The molecular weight excluding hydrogens is 356 g/mol. The van der Waals surface area contributed by atoms with Gasteiger partial charge in [-0.05, 0) is 43.9 Å². The number of nitrogens with zero attached hydrogens (tertiary/aromatic N) is 1. The number of benzene rings is 2. The van der Waals surface area contributed by atoms with E-state index < -0.39 is 0 Å². The Labute approximate surface area is 164 Å². The number of nitrogens with one attached hydrogen (secondary N) is 1. The van der Waals surface area contributed by atoms with E-state index in [9.17, 15) is 4.79 Å². The smallest absolute Gasteiger partial charge is 0.264 e. The molecule has 4 nitrogen and oxygen atoms in total. The third-order valence-electron chi connectivity index (χ3n) is 4.36. The van der Waals surface area contributed by atoms with Crippen LogP contribution < -0.4 is 10.1 Å².